The fourth-order valence-electron chi connectivity index (χ4n) is 4.30. The molecule has 1 atom stereocenters. The minimum Gasteiger partial charge on any atom is -0.496 e. The van der Waals surface area contributed by atoms with E-state index in [-0.39, 0.29) is 17.7 Å². The molecule has 1 unspecified atom stereocenters. The van der Waals surface area contributed by atoms with Gasteiger partial charge in [0.1, 0.15) is 5.75 Å². The van der Waals surface area contributed by atoms with Gasteiger partial charge in [0.15, 0.2) is 0 Å². The molecule has 0 N–H and O–H groups in total. The van der Waals surface area contributed by atoms with E-state index in [9.17, 15) is 9.59 Å². The highest BCUT2D eigenvalue weighted by Gasteiger charge is 2.31. The smallest absolute Gasteiger partial charge is 0.254 e. The molecule has 2 aromatic carbocycles. The molecule has 1 aliphatic rings. The molecule has 0 aliphatic carbocycles. The van der Waals surface area contributed by atoms with E-state index in [0.717, 1.165) is 55.3 Å². The van der Waals surface area contributed by atoms with Crippen LogP contribution >= 0.6 is 0 Å². The zero-order chi connectivity index (χ0) is 20.8. The predicted molar refractivity (Wildman–Crippen MR) is 116 cm³/mol. The third-order valence-corrected chi connectivity index (χ3v) is 5.69. The number of hydrogen-bond donors (Lipinski definition) is 0. The molecule has 1 saturated heterocycles. The molecule has 5 nitrogen and oxygen atoms in total. The number of ether oxygens (including phenoxy) is 1. The van der Waals surface area contributed by atoms with E-state index < -0.39 is 0 Å². The molecule has 0 spiro atoms. The van der Waals surface area contributed by atoms with Gasteiger partial charge in [-0.2, -0.15) is 0 Å². The number of benzene rings is 2. The highest BCUT2D eigenvalue weighted by Crippen LogP contribution is 2.30. The molecule has 0 aromatic heterocycles. The minimum absolute atomic E-state index is 0.00103. The van der Waals surface area contributed by atoms with Crippen LogP contribution in [0, 0.1) is 5.92 Å². The van der Waals surface area contributed by atoms with Crippen molar-refractivity contribution >= 4 is 22.6 Å². The van der Waals surface area contributed by atoms with E-state index in [1.54, 1.807) is 7.11 Å². The number of methoxy groups -OCH3 is 1. The maximum atomic E-state index is 13.4. The SMILES string of the molecule is CCCN(CCC)C(=O)C1CCCN(C(=O)c2ccc(OC)c3ccccc23)C1. The van der Waals surface area contributed by atoms with E-state index in [0.29, 0.717) is 18.7 Å². The van der Waals surface area contributed by atoms with Gasteiger partial charge in [-0.05, 0) is 43.2 Å². The quantitative estimate of drug-likeness (QED) is 0.699. The first-order valence-electron chi connectivity index (χ1n) is 10.7. The topological polar surface area (TPSA) is 49.9 Å². The van der Waals surface area contributed by atoms with Crippen LogP contribution in [0.4, 0.5) is 0 Å². The summed E-state index contributed by atoms with van der Waals surface area (Å²) in [6.07, 6.45) is 3.64. The Morgan fingerprint density at radius 2 is 1.76 bits per heavy atom. The number of amides is 2. The highest BCUT2D eigenvalue weighted by molar-refractivity contribution is 6.08. The standard InChI is InChI=1S/C24H32N2O3/c1-4-14-25(15-5-2)23(27)18-9-8-16-26(17-18)24(28)21-12-13-22(29-3)20-11-7-6-10-19(20)21/h6-7,10-13,18H,4-5,8-9,14-17H2,1-3H3. The number of piperidine rings is 1. The third-order valence-electron chi connectivity index (χ3n) is 5.69. The number of hydrogen-bond acceptors (Lipinski definition) is 3. The zero-order valence-corrected chi connectivity index (χ0v) is 17.8. The monoisotopic (exact) mass is 396 g/mol. The normalized spacial score (nSPS) is 16.7. The van der Waals surface area contributed by atoms with Crippen molar-refractivity contribution in [3.05, 3.63) is 42.0 Å². The number of fused-ring (bicyclic) bond motifs is 1. The first-order chi connectivity index (χ1) is 14.1. The average Bonchev–Trinajstić information content (AvgIpc) is 2.77. The van der Waals surface area contributed by atoms with Crippen LogP contribution in [0.5, 0.6) is 5.75 Å². The Morgan fingerprint density at radius 3 is 2.41 bits per heavy atom. The lowest BCUT2D eigenvalue weighted by Gasteiger charge is -2.35. The summed E-state index contributed by atoms with van der Waals surface area (Å²) in [4.78, 5) is 30.2. The number of carbonyl (C=O) groups excluding carboxylic acids is 2. The van der Waals surface area contributed by atoms with Crippen LogP contribution in [0.15, 0.2) is 36.4 Å². The number of nitrogens with zero attached hydrogens (tertiary/aromatic N) is 2. The fourth-order valence-corrected chi connectivity index (χ4v) is 4.30. The average molecular weight is 397 g/mol. The van der Waals surface area contributed by atoms with Crippen molar-refractivity contribution in [3.8, 4) is 5.75 Å². The van der Waals surface area contributed by atoms with E-state index in [1.165, 1.54) is 0 Å². The Morgan fingerprint density at radius 1 is 1.07 bits per heavy atom. The molecule has 3 rings (SSSR count). The Hall–Kier alpha value is -2.56. The second kappa shape index (κ2) is 9.77. The largest absolute Gasteiger partial charge is 0.496 e. The van der Waals surface area contributed by atoms with Crippen LogP contribution in [0.1, 0.15) is 49.9 Å². The third kappa shape index (κ3) is 4.55. The van der Waals surface area contributed by atoms with Gasteiger partial charge in [-0.1, -0.05) is 38.1 Å². The Labute approximate surface area is 173 Å². The second-order valence-electron chi connectivity index (χ2n) is 7.78. The van der Waals surface area contributed by atoms with Crippen molar-refractivity contribution in [2.24, 2.45) is 5.92 Å². The van der Waals surface area contributed by atoms with Crippen molar-refractivity contribution in [3.63, 3.8) is 0 Å². The first kappa shape index (κ1) is 21.2. The lowest BCUT2D eigenvalue weighted by molar-refractivity contribution is -0.137. The van der Waals surface area contributed by atoms with E-state index in [2.05, 4.69) is 13.8 Å². The first-order valence-corrected chi connectivity index (χ1v) is 10.7. The van der Waals surface area contributed by atoms with Gasteiger partial charge in [0.05, 0.1) is 13.0 Å². The van der Waals surface area contributed by atoms with Crippen LogP contribution in [0.2, 0.25) is 0 Å². The molecule has 0 saturated carbocycles. The maximum absolute atomic E-state index is 13.4. The molecule has 0 bridgehead atoms. The Bertz CT molecular complexity index is 858. The van der Waals surface area contributed by atoms with E-state index in [1.807, 2.05) is 46.2 Å². The second-order valence-corrected chi connectivity index (χ2v) is 7.78. The van der Waals surface area contributed by atoms with Gasteiger partial charge < -0.3 is 14.5 Å². The van der Waals surface area contributed by atoms with Gasteiger partial charge in [-0.25, -0.2) is 0 Å². The van der Waals surface area contributed by atoms with Crippen molar-refractivity contribution in [2.75, 3.05) is 33.3 Å². The number of rotatable bonds is 7. The van der Waals surface area contributed by atoms with Crippen LogP contribution in [0.3, 0.4) is 0 Å². The van der Waals surface area contributed by atoms with Crippen molar-refractivity contribution in [1.29, 1.82) is 0 Å². The van der Waals surface area contributed by atoms with Crippen molar-refractivity contribution in [2.45, 2.75) is 39.5 Å². The van der Waals surface area contributed by atoms with Gasteiger partial charge in [0, 0.05) is 37.1 Å². The molecule has 156 valence electrons. The van der Waals surface area contributed by atoms with Crippen LogP contribution in [-0.4, -0.2) is 54.9 Å². The van der Waals surface area contributed by atoms with Crippen LogP contribution in [-0.2, 0) is 4.79 Å². The minimum atomic E-state index is -0.102. The van der Waals surface area contributed by atoms with E-state index in [4.69, 9.17) is 4.74 Å². The van der Waals surface area contributed by atoms with E-state index >= 15 is 0 Å². The molecule has 2 amide bonds. The summed E-state index contributed by atoms with van der Waals surface area (Å²) >= 11 is 0. The zero-order valence-electron chi connectivity index (χ0n) is 17.8. The molecule has 1 aliphatic heterocycles. The molecular weight excluding hydrogens is 364 g/mol. The summed E-state index contributed by atoms with van der Waals surface area (Å²) < 4.78 is 5.45. The summed E-state index contributed by atoms with van der Waals surface area (Å²) in [7, 11) is 1.64. The summed E-state index contributed by atoms with van der Waals surface area (Å²) in [5.74, 6) is 0.860. The number of carbonyl (C=O) groups is 2. The molecular formula is C24H32N2O3. The molecule has 1 heterocycles. The van der Waals surface area contributed by atoms with Crippen LogP contribution < -0.4 is 4.74 Å². The van der Waals surface area contributed by atoms with Crippen LogP contribution in [0.25, 0.3) is 10.8 Å². The lowest BCUT2D eigenvalue weighted by Crippen LogP contribution is -2.47. The number of likely N-dealkylation sites (tertiary alicyclic amines) is 1. The molecule has 29 heavy (non-hydrogen) atoms. The van der Waals surface area contributed by atoms with Gasteiger partial charge in [0.2, 0.25) is 5.91 Å². The van der Waals surface area contributed by atoms with Crippen molar-refractivity contribution < 1.29 is 14.3 Å². The van der Waals surface area contributed by atoms with Crippen molar-refractivity contribution in [1.82, 2.24) is 9.80 Å². The predicted octanol–water partition coefficient (Wildman–Crippen LogP) is 4.35. The summed E-state index contributed by atoms with van der Waals surface area (Å²) in [5, 5.41) is 1.83. The van der Waals surface area contributed by atoms with Gasteiger partial charge in [-0.15, -0.1) is 0 Å². The Balaban J connectivity index is 1.82. The van der Waals surface area contributed by atoms with Gasteiger partial charge in [0.25, 0.3) is 5.91 Å². The Kier molecular flexibility index (Phi) is 7.13. The summed E-state index contributed by atoms with van der Waals surface area (Å²) in [5.41, 5.74) is 0.675. The highest BCUT2D eigenvalue weighted by atomic mass is 16.5. The lowest BCUT2D eigenvalue weighted by atomic mass is 9.94. The van der Waals surface area contributed by atoms with Gasteiger partial charge in [-0.3, -0.25) is 9.59 Å². The fraction of sp³-hybridized carbons (Fsp3) is 0.500. The summed E-state index contributed by atoms with van der Waals surface area (Å²) in [6, 6.07) is 11.5. The molecule has 2 aromatic rings. The molecule has 0 radical (unpaired) electrons. The molecule has 1 fully saturated rings. The van der Waals surface area contributed by atoms with Gasteiger partial charge >= 0.3 is 0 Å². The summed E-state index contributed by atoms with van der Waals surface area (Å²) in [6.45, 7) is 6.98. The maximum Gasteiger partial charge on any atom is 0.254 e. The molecule has 5 heteroatoms.